The number of nitrogens with two attached hydrogens (primary N) is 1. The van der Waals surface area contributed by atoms with Crippen molar-refractivity contribution in [1.82, 2.24) is 20.9 Å². The minimum atomic E-state index is -1.58. The van der Waals surface area contributed by atoms with E-state index in [1.54, 1.807) is 33.9 Å². The molecule has 0 aliphatic rings. The first kappa shape index (κ1) is 29.3. The molecule has 0 bridgehead atoms. The minimum absolute atomic E-state index is 0.0254. The van der Waals surface area contributed by atoms with Crippen LogP contribution in [0.1, 0.15) is 39.7 Å². The molecule has 0 aliphatic heterocycles. The zero-order valence-electron chi connectivity index (χ0n) is 21.3. The van der Waals surface area contributed by atoms with Crippen LogP contribution in [0, 0.1) is 11.8 Å². The van der Waals surface area contributed by atoms with Crippen LogP contribution in [0.4, 0.5) is 0 Å². The van der Waals surface area contributed by atoms with Crippen LogP contribution < -0.4 is 21.7 Å². The topological polar surface area (TPSA) is 204 Å². The summed E-state index contributed by atoms with van der Waals surface area (Å²) < 4.78 is 0. The fourth-order valence-corrected chi connectivity index (χ4v) is 3.72. The molecule has 3 amide bonds. The molecule has 2 rings (SSSR count). The van der Waals surface area contributed by atoms with Crippen LogP contribution in [0.5, 0.6) is 0 Å². The third kappa shape index (κ3) is 8.04. The zero-order chi connectivity index (χ0) is 27.9. The average Bonchev–Trinajstić information content (AvgIpc) is 3.22. The van der Waals surface area contributed by atoms with Crippen LogP contribution in [0.3, 0.4) is 0 Å². The van der Waals surface area contributed by atoms with Gasteiger partial charge in [-0.3, -0.25) is 19.2 Å². The first-order valence-corrected chi connectivity index (χ1v) is 12.0. The molecule has 2 aromatic rings. The third-order valence-corrected chi connectivity index (χ3v) is 6.00. The number of nitrogens with one attached hydrogen (secondary N) is 4. The summed E-state index contributed by atoms with van der Waals surface area (Å²) in [6, 6.07) is 2.40. The van der Waals surface area contributed by atoms with Crippen molar-refractivity contribution in [3.8, 4) is 0 Å². The minimum Gasteiger partial charge on any atom is -0.481 e. The summed E-state index contributed by atoms with van der Waals surface area (Å²) in [4.78, 5) is 64.9. The maximum Gasteiger partial charge on any atom is 0.326 e. The Hall–Kier alpha value is -3.93. The molecule has 1 aromatic heterocycles. The summed E-state index contributed by atoms with van der Waals surface area (Å²) >= 11 is 0. The Morgan fingerprint density at radius 1 is 0.865 bits per heavy atom. The van der Waals surface area contributed by atoms with E-state index >= 15 is 0 Å². The van der Waals surface area contributed by atoms with E-state index in [2.05, 4.69) is 20.9 Å². The number of aromatic nitrogens is 1. The molecule has 0 radical (unpaired) electrons. The molecule has 4 atom stereocenters. The van der Waals surface area contributed by atoms with E-state index in [4.69, 9.17) is 5.73 Å². The number of fused-ring (bicyclic) bond motifs is 1. The fourth-order valence-electron chi connectivity index (χ4n) is 3.72. The summed E-state index contributed by atoms with van der Waals surface area (Å²) in [5.41, 5.74) is 7.48. The first-order valence-electron chi connectivity index (χ1n) is 12.0. The summed E-state index contributed by atoms with van der Waals surface area (Å²) in [6.07, 6.45) is 0.930. The van der Waals surface area contributed by atoms with E-state index < -0.39 is 66.2 Å². The number of aliphatic carboxylic acids is 2. The maximum absolute atomic E-state index is 13.3. The number of rotatable bonds is 13. The summed E-state index contributed by atoms with van der Waals surface area (Å²) in [5, 5.41) is 26.8. The van der Waals surface area contributed by atoms with Crippen LogP contribution in [0.2, 0.25) is 0 Å². The van der Waals surface area contributed by atoms with Crippen molar-refractivity contribution >= 4 is 40.6 Å². The number of aromatic amines is 1. The second kappa shape index (κ2) is 12.9. The van der Waals surface area contributed by atoms with E-state index in [9.17, 15) is 34.2 Å². The van der Waals surface area contributed by atoms with Crippen molar-refractivity contribution < 1.29 is 34.2 Å². The number of amides is 3. The molecule has 12 heteroatoms. The molecule has 0 saturated carbocycles. The molecule has 1 aromatic carbocycles. The molecule has 8 N–H and O–H groups in total. The quantitative estimate of drug-likeness (QED) is 0.197. The number of carboxylic acid groups (broad SMARTS) is 2. The van der Waals surface area contributed by atoms with Crippen LogP contribution in [-0.2, 0) is 30.4 Å². The first-order chi connectivity index (χ1) is 17.3. The van der Waals surface area contributed by atoms with Gasteiger partial charge in [0.1, 0.15) is 18.1 Å². The van der Waals surface area contributed by atoms with Gasteiger partial charge in [-0.2, -0.15) is 0 Å². The van der Waals surface area contributed by atoms with E-state index in [-0.39, 0.29) is 12.3 Å². The normalized spacial score (nSPS) is 14.6. The van der Waals surface area contributed by atoms with Crippen LogP contribution >= 0.6 is 0 Å². The Morgan fingerprint density at radius 3 is 2.03 bits per heavy atom. The van der Waals surface area contributed by atoms with Crippen molar-refractivity contribution in [3.63, 3.8) is 0 Å². The van der Waals surface area contributed by atoms with Gasteiger partial charge in [-0.25, -0.2) is 4.79 Å². The Labute approximate surface area is 214 Å². The van der Waals surface area contributed by atoms with Gasteiger partial charge in [0, 0.05) is 23.5 Å². The Bertz CT molecular complexity index is 1140. The second-order valence-corrected chi connectivity index (χ2v) is 9.62. The van der Waals surface area contributed by atoms with Gasteiger partial charge in [-0.05, 0) is 23.5 Å². The Morgan fingerprint density at radius 2 is 1.46 bits per heavy atom. The van der Waals surface area contributed by atoms with Crippen molar-refractivity contribution in [2.45, 2.75) is 64.7 Å². The third-order valence-electron chi connectivity index (χ3n) is 6.00. The van der Waals surface area contributed by atoms with E-state index in [1.807, 2.05) is 24.3 Å². The van der Waals surface area contributed by atoms with Crippen LogP contribution in [0.15, 0.2) is 30.5 Å². The highest BCUT2D eigenvalue weighted by molar-refractivity contribution is 5.96. The Kier molecular flexibility index (Phi) is 10.2. The van der Waals surface area contributed by atoms with Gasteiger partial charge < -0.3 is 36.9 Å². The van der Waals surface area contributed by atoms with Crippen molar-refractivity contribution in [1.29, 1.82) is 0 Å². The highest BCUT2D eigenvalue weighted by Crippen LogP contribution is 2.19. The van der Waals surface area contributed by atoms with Gasteiger partial charge in [-0.1, -0.05) is 45.9 Å². The fraction of sp³-hybridized carbons (Fsp3) is 0.480. The number of para-hydroxylation sites is 1. The molecule has 0 fully saturated rings. The number of H-pyrrole nitrogens is 1. The predicted octanol–water partition coefficient (Wildman–Crippen LogP) is 0.363. The predicted molar refractivity (Wildman–Crippen MR) is 135 cm³/mol. The number of hydrogen-bond acceptors (Lipinski definition) is 6. The highest BCUT2D eigenvalue weighted by atomic mass is 16.4. The number of carbonyl (C=O) groups excluding carboxylic acids is 3. The van der Waals surface area contributed by atoms with Crippen LogP contribution in [0.25, 0.3) is 10.9 Å². The zero-order valence-corrected chi connectivity index (χ0v) is 21.3. The lowest BCUT2D eigenvalue weighted by molar-refractivity contribution is -0.144. The second-order valence-electron chi connectivity index (χ2n) is 9.62. The lowest BCUT2D eigenvalue weighted by atomic mass is 10.0. The summed E-state index contributed by atoms with van der Waals surface area (Å²) in [6.45, 7) is 6.66. The average molecular weight is 518 g/mol. The molecule has 37 heavy (non-hydrogen) atoms. The number of benzene rings is 1. The van der Waals surface area contributed by atoms with Gasteiger partial charge in [0.2, 0.25) is 17.7 Å². The van der Waals surface area contributed by atoms with Crippen molar-refractivity contribution in [2.75, 3.05) is 0 Å². The molecule has 0 saturated heterocycles. The smallest absolute Gasteiger partial charge is 0.326 e. The maximum atomic E-state index is 13.3. The Balaban J connectivity index is 2.32. The van der Waals surface area contributed by atoms with Crippen molar-refractivity contribution in [3.05, 3.63) is 36.0 Å². The lowest BCUT2D eigenvalue weighted by Gasteiger charge is -2.26. The van der Waals surface area contributed by atoms with Gasteiger partial charge in [0.15, 0.2) is 0 Å². The lowest BCUT2D eigenvalue weighted by Crippen LogP contribution is -2.58. The summed E-state index contributed by atoms with van der Waals surface area (Å²) in [7, 11) is 0. The molecule has 0 aliphatic carbocycles. The molecule has 12 nitrogen and oxygen atoms in total. The molecule has 1 heterocycles. The SMILES string of the molecule is CC(C)C(N)C(=O)NC(Cc1c[nH]c2ccccc12)C(=O)NC(CC(=O)O)C(=O)NC(C(=O)O)C(C)C. The number of carbonyl (C=O) groups is 5. The van der Waals surface area contributed by atoms with Crippen molar-refractivity contribution in [2.24, 2.45) is 17.6 Å². The summed E-state index contributed by atoms with van der Waals surface area (Å²) in [5.74, 6) is -5.74. The highest BCUT2D eigenvalue weighted by Gasteiger charge is 2.33. The number of hydrogen-bond donors (Lipinski definition) is 7. The van der Waals surface area contributed by atoms with E-state index in [1.165, 1.54) is 0 Å². The largest absolute Gasteiger partial charge is 0.481 e. The number of carboxylic acids is 2. The van der Waals surface area contributed by atoms with Crippen LogP contribution in [-0.4, -0.2) is 69.0 Å². The molecular weight excluding hydrogens is 482 g/mol. The van der Waals surface area contributed by atoms with Gasteiger partial charge >= 0.3 is 11.9 Å². The standard InChI is InChI=1S/C25H35N5O7/c1-12(2)20(26)24(35)29-17(9-14-11-27-16-8-6-5-7-15(14)16)22(33)28-18(10-19(31)32)23(34)30-21(13(3)4)25(36)37/h5-8,11-13,17-18,20-21,27H,9-10,26H2,1-4H3,(H,28,33)(H,29,35)(H,30,34)(H,31,32)(H,36,37). The molecular formula is C25H35N5O7. The van der Waals surface area contributed by atoms with E-state index in [0.717, 1.165) is 10.9 Å². The molecule has 0 spiro atoms. The monoisotopic (exact) mass is 517 g/mol. The molecule has 4 unspecified atom stereocenters. The molecule has 202 valence electrons. The van der Waals surface area contributed by atoms with Gasteiger partial charge in [0.25, 0.3) is 0 Å². The van der Waals surface area contributed by atoms with Gasteiger partial charge in [0.05, 0.1) is 12.5 Å². The van der Waals surface area contributed by atoms with Gasteiger partial charge in [-0.15, -0.1) is 0 Å². The van der Waals surface area contributed by atoms with E-state index in [0.29, 0.717) is 5.56 Å².